The van der Waals surface area contributed by atoms with Gasteiger partial charge in [0, 0.05) is 5.02 Å². The van der Waals surface area contributed by atoms with Crippen molar-refractivity contribution in [3.63, 3.8) is 0 Å². The van der Waals surface area contributed by atoms with Crippen molar-refractivity contribution in [2.45, 2.75) is 46.3 Å². The molecule has 1 aromatic carbocycles. The highest BCUT2D eigenvalue weighted by atomic mass is 35.5. The molecule has 0 aliphatic carbocycles. The van der Waals surface area contributed by atoms with Gasteiger partial charge in [0.25, 0.3) is 5.91 Å². The summed E-state index contributed by atoms with van der Waals surface area (Å²) in [6.07, 6.45) is -0.570. The maximum absolute atomic E-state index is 13.0. The number of esters is 2. The molecule has 1 aromatic rings. The molecule has 0 fully saturated rings. The van der Waals surface area contributed by atoms with E-state index in [1.807, 2.05) is 0 Å². The number of hydrogen-bond acceptors (Lipinski definition) is 6. The number of ether oxygens (including phenoxy) is 2. The van der Waals surface area contributed by atoms with E-state index in [4.69, 9.17) is 26.9 Å². The average Bonchev–Trinajstić information content (AvgIpc) is 2.58. The largest absolute Gasteiger partial charge is 0.469 e. The summed E-state index contributed by atoms with van der Waals surface area (Å²) in [4.78, 5) is 37.3. The number of nitrogens with zero attached hydrogens (tertiary/aromatic N) is 1. The van der Waals surface area contributed by atoms with Gasteiger partial charge in [-0.1, -0.05) is 43.6 Å². The van der Waals surface area contributed by atoms with Crippen LogP contribution >= 0.6 is 11.6 Å². The van der Waals surface area contributed by atoms with Gasteiger partial charge in [-0.2, -0.15) is 0 Å². The Balaban J connectivity index is 3.23. The molecule has 2 N–H and O–H groups in total. The van der Waals surface area contributed by atoms with Gasteiger partial charge in [0.15, 0.2) is 0 Å². The molecule has 150 valence electrons. The van der Waals surface area contributed by atoms with Crippen LogP contribution in [0.1, 0.15) is 45.7 Å². The maximum atomic E-state index is 13.0. The lowest BCUT2D eigenvalue weighted by Gasteiger charge is -2.31. The summed E-state index contributed by atoms with van der Waals surface area (Å²) in [6.45, 7) is 6.85. The summed E-state index contributed by atoms with van der Waals surface area (Å²) in [5.41, 5.74) is 0.486. The van der Waals surface area contributed by atoms with Crippen molar-refractivity contribution in [3.8, 4) is 0 Å². The first-order chi connectivity index (χ1) is 12.6. The number of amides is 1. The zero-order valence-corrected chi connectivity index (χ0v) is 17.0. The minimum atomic E-state index is -1.10. The Labute approximate surface area is 164 Å². The SMILES string of the molecule is COC(=O)CC(c1ccccc1Cl)N(N)C(=O)C(C(=O)OC(C)C)C(C)C. The summed E-state index contributed by atoms with van der Waals surface area (Å²) in [5.74, 6) is 2.77. The number of hydrogen-bond donors (Lipinski definition) is 1. The average molecular weight is 399 g/mol. The normalized spacial score (nSPS) is 13.2. The summed E-state index contributed by atoms with van der Waals surface area (Å²) in [6, 6.07) is 5.86. The van der Waals surface area contributed by atoms with E-state index in [9.17, 15) is 14.4 Å². The number of nitrogens with two attached hydrogens (primary N) is 1. The number of carbonyl (C=O) groups excluding carboxylic acids is 3. The van der Waals surface area contributed by atoms with Crippen LogP contribution in [0.5, 0.6) is 0 Å². The topological polar surface area (TPSA) is 98.9 Å². The highest BCUT2D eigenvalue weighted by Gasteiger charge is 2.38. The molecule has 0 bridgehead atoms. The molecule has 1 amide bonds. The van der Waals surface area contributed by atoms with Crippen LogP contribution in [0.2, 0.25) is 5.02 Å². The zero-order chi connectivity index (χ0) is 20.7. The molecule has 2 unspecified atom stereocenters. The molecular weight excluding hydrogens is 372 g/mol. The fourth-order valence-corrected chi connectivity index (χ4v) is 2.88. The quantitative estimate of drug-likeness (QED) is 0.237. The highest BCUT2D eigenvalue weighted by molar-refractivity contribution is 6.31. The van der Waals surface area contributed by atoms with Crippen LogP contribution in [0.4, 0.5) is 0 Å². The number of methoxy groups -OCH3 is 1. The van der Waals surface area contributed by atoms with Crippen molar-refractivity contribution in [1.29, 1.82) is 0 Å². The lowest BCUT2D eigenvalue weighted by molar-refractivity contribution is -0.162. The third-order valence-electron chi connectivity index (χ3n) is 3.98. The smallest absolute Gasteiger partial charge is 0.319 e. The molecule has 0 saturated heterocycles. The molecule has 0 spiro atoms. The van der Waals surface area contributed by atoms with Crippen molar-refractivity contribution in [2.75, 3.05) is 7.11 Å². The molecular formula is C19H27ClN2O5. The Hall–Kier alpha value is -2.12. The lowest BCUT2D eigenvalue weighted by Crippen LogP contribution is -2.48. The monoisotopic (exact) mass is 398 g/mol. The Morgan fingerprint density at radius 2 is 1.74 bits per heavy atom. The Kier molecular flexibility index (Phi) is 8.72. The molecule has 7 nitrogen and oxygen atoms in total. The molecule has 0 saturated carbocycles. The molecule has 27 heavy (non-hydrogen) atoms. The standard InChI is InChI=1S/C19H27ClN2O5/c1-11(2)17(19(25)27-12(3)4)18(24)22(21)15(10-16(23)26-5)13-8-6-7-9-14(13)20/h6-9,11-12,15,17H,10,21H2,1-5H3. The van der Waals surface area contributed by atoms with Crippen LogP contribution in [-0.4, -0.2) is 36.1 Å². The van der Waals surface area contributed by atoms with Crippen LogP contribution in [0.3, 0.4) is 0 Å². The Bertz CT molecular complexity index is 678. The van der Waals surface area contributed by atoms with Gasteiger partial charge in [0.05, 0.1) is 25.7 Å². The number of benzene rings is 1. The molecule has 0 heterocycles. The number of rotatable bonds is 8. The molecule has 1 rings (SSSR count). The van der Waals surface area contributed by atoms with E-state index in [-0.39, 0.29) is 18.4 Å². The van der Waals surface area contributed by atoms with Gasteiger partial charge in [-0.3, -0.25) is 19.4 Å². The molecule has 0 aromatic heterocycles. The van der Waals surface area contributed by atoms with Crippen LogP contribution in [-0.2, 0) is 23.9 Å². The van der Waals surface area contributed by atoms with Crippen LogP contribution in [0, 0.1) is 11.8 Å². The maximum Gasteiger partial charge on any atom is 0.319 e. The zero-order valence-electron chi connectivity index (χ0n) is 16.3. The van der Waals surface area contributed by atoms with Gasteiger partial charge < -0.3 is 9.47 Å². The molecule has 8 heteroatoms. The first-order valence-corrected chi connectivity index (χ1v) is 9.07. The fraction of sp³-hybridized carbons (Fsp3) is 0.526. The summed E-state index contributed by atoms with van der Waals surface area (Å²) in [5, 5.41) is 1.23. The Morgan fingerprint density at radius 3 is 2.22 bits per heavy atom. The molecule has 0 radical (unpaired) electrons. The van der Waals surface area contributed by atoms with Gasteiger partial charge in [-0.25, -0.2) is 5.84 Å². The van der Waals surface area contributed by atoms with Crippen molar-refractivity contribution >= 4 is 29.4 Å². The van der Waals surface area contributed by atoms with E-state index < -0.39 is 29.8 Å². The minimum Gasteiger partial charge on any atom is -0.469 e. The highest BCUT2D eigenvalue weighted by Crippen LogP contribution is 2.31. The molecule has 0 aliphatic heterocycles. The first-order valence-electron chi connectivity index (χ1n) is 8.69. The number of hydrazine groups is 1. The van der Waals surface area contributed by atoms with E-state index in [0.29, 0.717) is 10.6 Å². The van der Waals surface area contributed by atoms with Crippen LogP contribution in [0.25, 0.3) is 0 Å². The van der Waals surface area contributed by atoms with Crippen LogP contribution in [0.15, 0.2) is 24.3 Å². The second-order valence-corrected chi connectivity index (χ2v) is 7.18. The van der Waals surface area contributed by atoms with E-state index in [0.717, 1.165) is 5.01 Å². The van der Waals surface area contributed by atoms with E-state index in [2.05, 4.69) is 0 Å². The predicted octanol–water partition coefficient (Wildman–Crippen LogP) is 2.87. The van der Waals surface area contributed by atoms with Crippen molar-refractivity contribution < 1.29 is 23.9 Å². The summed E-state index contributed by atoms with van der Waals surface area (Å²) in [7, 11) is 1.24. The first kappa shape index (κ1) is 22.9. The molecule has 2 atom stereocenters. The van der Waals surface area contributed by atoms with Gasteiger partial charge in [-0.05, 0) is 31.4 Å². The lowest BCUT2D eigenvalue weighted by atomic mass is 9.93. The van der Waals surface area contributed by atoms with Crippen LogP contribution < -0.4 is 5.84 Å². The van der Waals surface area contributed by atoms with Gasteiger partial charge in [0.2, 0.25) is 0 Å². The third kappa shape index (κ3) is 6.22. The third-order valence-corrected chi connectivity index (χ3v) is 4.32. The van der Waals surface area contributed by atoms with Gasteiger partial charge in [-0.15, -0.1) is 0 Å². The van der Waals surface area contributed by atoms with Gasteiger partial charge in [0.1, 0.15) is 5.92 Å². The minimum absolute atomic E-state index is 0.202. The summed E-state index contributed by atoms with van der Waals surface area (Å²) < 4.78 is 9.91. The molecule has 0 aliphatic rings. The van der Waals surface area contributed by atoms with Crippen molar-refractivity contribution in [3.05, 3.63) is 34.9 Å². The predicted molar refractivity (Wildman–Crippen MR) is 101 cm³/mol. The number of carbonyl (C=O) groups is 3. The fourth-order valence-electron chi connectivity index (χ4n) is 2.62. The Morgan fingerprint density at radius 1 is 1.15 bits per heavy atom. The van der Waals surface area contributed by atoms with E-state index in [1.165, 1.54) is 7.11 Å². The van der Waals surface area contributed by atoms with E-state index in [1.54, 1.807) is 52.0 Å². The second kappa shape index (κ2) is 10.3. The summed E-state index contributed by atoms with van der Waals surface area (Å²) >= 11 is 6.23. The number of halogens is 1. The van der Waals surface area contributed by atoms with E-state index >= 15 is 0 Å². The van der Waals surface area contributed by atoms with Crippen molar-refractivity contribution in [2.24, 2.45) is 17.7 Å². The van der Waals surface area contributed by atoms with Gasteiger partial charge >= 0.3 is 11.9 Å². The second-order valence-electron chi connectivity index (χ2n) is 6.77. The van der Waals surface area contributed by atoms with Crippen molar-refractivity contribution in [1.82, 2.24) is 5.01 Å².